The minimum atomic E-state index is 0.0809. The molecule has 7 heteroatoms. The molecule has 4 N–H and O–H groups in total. The van der Waals surface area contributed by atoms with Crippen molar-refractivity contribution in [3.05, 3.63) is 72.1 Å². The van der Waals surface area contributed by atoms with Crippen LogP contribution in [0.3, 0.4) is 0 Å². The van der Waals surface area contributed by atoms with Crippen LogP contribution in [0.25, 0.3) is 44.9 Å². The molecule has 0 bridgehead atoms. The number of nitrogens with zero attached hydrogens (tertiary/aromatic N) is 3. The molecule has 7 nitrogen and oxygen atoms in total. The first kappa shape index (κ1) is 16.9. The topological polar surface area (TPSA) is 103 Å². The summed E-state index contributed by atoms with van der Waals surface area (Å²) in [4.78, 5) is 12.1. The quantitative estimate of drug-likeness (QED) is 0.371. The summed E-state index contributed by atoms with van der Waals surface area (Å²) < 4.78 is 0. The van der Waals surface area contributed by atoms with Gasteiger partial charge in [0.15, 0.2) is 11.6 Å². The van der Waals surface area contributed by atoms with Crippen LogP contribution < -0.4 is 5.32 Å². The van der Waals surface area contributed by atoms with Gasteiger partial charge in [0, 0.05) is 31.0 Å². The summed E-state index contributed by atoms with van der Waals surface area (Å²) in [6, 6.07) is 16.0. The van der Waals surface area contributed by atoms with E-state index in [0.29, 0.717) is 17.2 Å². The molecule has 1 aliphatic rings. The zero-order valence-corrected chi connectivity index (χ0v) is 16.0. The normalized spacial score (nSPS) is 13.1. The number of pyridine rings is 1. The second-order valence-corrected chi connectivity index (χ2v) is 7.44. The summed E-state index contributed by atoms with van der Waals surface area (Å²) in [5.41, 5.74) is 8.27. The highest BCUT2D eigenvalue weighted by Crippen LogP contribution is 2.36. The van der Waals surface area contributed by atoms with Gasteiger partial charge >= 0.3 is 0 Å². The van der Waals surface area contributed by atoms with Gasteiger partial charge in [-0.1, -0.05) is 30.3 Å². The monoisotopic (exact) mass is 394 g/mol. The highest BCUT2D eigenvalue weighted by molar-refractivity contribution is 5.83. The summed E-state index contributed by atoms with van der Waals surface area (Å²) in [6.07, 6.45) is 3.58. The first-order valence-corrected chi connectivity index (χ1v) is 9.77. The summed E-state index contributed by atoms with van der Waals surface area (Å²) >= 11 is 0. The summed E-state index contributed by atoms with van der Waals surface area (Å²) in [7, 11) is 0. The third kappa shape index (κ3) is 2.67. The number of aromatic amines is 2. The van der Waals surface area contributed by atoms with Crippen molar-refractivity contribution in [2.45, 2.75) is 13.1 Å². The molecule has 3 aromatic heterocycles. The third-order valence-electron chi connectivity index (χ3n) is 5.56. The first-order chi connectivity index (χ1) is 14.8. The molecule has 0 fully saturated rings. The molecule has 0 radical (unpaired) electrons. The van der Waals surface area contributed by atoms with E-state index in [1.165, 1.54) is 11.1 Å². The van der Waals surface area contributed by atoms with Crippen molar-refractivity contribution < 1.29 is 5.11 Å². The fourth-order valence-corrected chi connectivity index (χ4v) is 3.98. The van der Waals surface area contributed by atoms with Gasteiger partial charge in [-0.3, -0.25) is 10.1 Å². The number of aromatic hydroxyl groups is 1. The molecule has 0 atom stereocenters. The molecule has 0 saturated heterocycles. The lowest BCUT2D eigenvalue weighted by Crippen LogP contribution is -1.99. The Kier molecular flexibility index (Phi) is 3.69. The number of rotatable bonds is 3. The molecule has 0 saturated carbocycles. The standard InChI is InChI=1S/C23H18N6O/c30-22-20(14-5-3-13(4-6-14)15-2-1-7-24-10-15)28-29-21(22)23-26-18-8-16-11-25-12-17(16)9-19(18)27-23/h1-10,25,30H,11-12H2,(H,26,27)(H,28,29). The number of fused-ring (bicyclic) bond motifs is 2. The number of nitrogens with one attached hydrogen (secondary N) is 3. The Morgan fingerprint density at radius 3 is 2.50 bits per heavy atom. The zero-order valence-electron chi connectivity index (χ0n) is 16.0. The molecule has 30 heavy (non-hydrogen) atoms. The van der Waals surface area contributed by atoms with Crippen LogP contribution in [0.15, 0.2) is 60.9 Å². The van der Waals surface area contributed by atoms with E-state index in [2.05, 4.69) is 42.6 Å². The largest absolute Gasteiger partial charge is 0.504 e. The molecular weight excluding hydrogens is 376 g/mol. The highest BCUT2D eigenvalue weighted by atomic mass is 16.3. The maximum Gasteiger partial charge on any atom is 0.172 e. The lowest BCUT2D eigenvalue weighted by Gasteiger charge is -2.03. The van der Waals surface area contributed by atoms with Gasteiger partial charge < -0.3 is 15.4 Å². The van der Waals surface area contributed by atoms with E-state index < -0.39 is 0 Å². The Balaban J connectivity index is 1.36. The Morgan fingerprint density at radius 2 is 1.70 bits per heavy atom. The average Bonchev–Trinajstić information content (AvgIpc) is 3.50. The average molecular weight is 394 g/mol. The molecule has 146 valence electrons. The minimum absolute atomic E-state index is 0.0809. The predicted molar refractivity (Wildman–Crippen MR) is 115 cm³/mol. The molecule has 0 unspecified atom stereocenters. The minimum Gasteiger partial charge on any atom is -0.504 e. The number of imidazole rings is 1. The molecular formula is C23H18N6O. The first-order valence-electron chi connectivity index (χ1n) is 9.77. The van der Waals surface area contributed by atoms with Crippen LogP contribution in [0, 0.1) is 0 Å². The number of aromatic nitrogens is 5. The van der Waals surface area contributed by atoms with Gasteiger partial charge in [0.05, 0.1) is 11.0 Å². The van der Waals surface area contributed by atoms with Crippen molar-refractivity contribution in [1.29, 1.82) is 0 Å². The second-order valence-electron chi connectivity index (χ2n) is 7.44. The van der Waals surface area contributed by atoms with Crippen LogP contribution in [-0.2, 0) is 13.1 Å². The van der Waals surface area contributed by atoms with Gasteiger partial charge in [0.1, 0.15) is 11.4 Å². The van der Waals surface area contributed by atoms with Gasteiger partial charge in [0.25, 0.3) is 0 Å². The Hall–Kier alpha value is -3.97. The van der Waals surface area contributed by atoms with Crippen LogP contribution in [-0.4, -0.2) is 30.3 Å². The van der Waals surface area contributed by atoms with Crippen LogP contribution in [0.5, 0.6) is 5.75 Å². The Morgan fingerprint density at radius 1 is 0.900 bits per heavy atom. The second kappa shape index (κ2) is 6.53. The molecule has 6 rings (SSSR count). The summed E-state index contributed by atoms with van der Waals surface area (Å²) in [5, 5.41) is 21.5. The fraction of sp³-hybridized carbons (Fsp3) is 0.0870. The lowest BCUT2D eigenvalue weighted by atomic mass is 10.0. The van der Waals surface area contributed by atoms with E-state index in [9.17, 15) is 5.11 Å². The number of hydrogen-bond acceptors (Lipinski definition) is 5. The lowest BCUT2D eigenvalue weighted by molar-refractivity contribution is 0.479. The maximum absolute atomic E-state index is 10.8. The van der Waals surface area contributed by atoms with Gasteiger partial charge in [0.2, 0.25) is 0 Å². The zero-order chi connectivity index (χ0) is 20.1. The molecule has 2 aromatic carbocycles. The fourth-order valence-electron chi connectivity index (χ4n) is 3.98. The van der Waals surface area contributed by atoms with Crippen LogP contribution >= 0.6 is 0 Å². The van der Waals surface area contributed by atoms with Gasteiger partial charge in [-0.25, -0.2) is 4.98 Å². The maximum atomic E-state index is 10.8. The van der Waals surface area contributed by atoms with Crippen LogP contribution in [0.1, 0.15) is 11.1 Å². The van der Waals surface area contributed by atoms with Gasteiger partial charge in [-0.05, 0) is 40.5 Å². The number of benzene rings is 2. The van der Waals surface area contributed by atoms with Crippen molar-refractivity contribution in [3.8, 4) is 39.7 Å². The Labute approximate surface area is 171 Å². The van der Waals surface area contributed by atoms with Crippen molar-refractivity contribution >= 4 is 11.0 Å². The number of hydrogen-bond donors (Lipinski definition) is 4. The molecule has 1 aliphatic heterocycles. The van der Waals surface area contributed by atoms with Gasteiger partial charge in [-0.15, -0.1) is 0 Å². The number of H-pyrrole nitrogens is 2. The molecule has 5 aromatic rings. The highest BCUT2D eigenvalue weighted by Gasteiger charge is 2.19. The van der Waals surface area contributed by atoms with E-state index >= 15 is 0 Å². The molecule has 0 spiro atoms. The molecule has 0 amide bonds. The van der Waals surface area contributed by atoms with Crippen molar-refractivity contribution in [2.75, 3.05) is 0 Å². The predicted octanol–water partition coefficient (Wildman–Crippen LogP) is 3.99. The van der Waals surface area contributed by atoms with Crippen LogP contribution in [0.4, 0.5) is 0 Å². The third-order valence-corrected chi connectivity index (χ3v) is 5.56. The van der Waals surface area contributed by atoms with Crippen molar-refractivity contribution in [3.63, 3.8) is 0 Å². The van der Waals surface area contributed by atoms with Crippen molar-refractivity contribution in [2.24, 2.45) is 0 Å². The van der Waals surface area contributed by atoms with E-state index in [4.69, 9.17) is 0 Å². The Bertz CT molecular complexity index is 1330. The van der Waals surface area contributed by atoms with E-state index in [1.54, 1.807) is 6.20 Å². The van der Waals surface area contributed by atoms with E-state index in [0.717, 1.165) is 40.8 Å². The van der Waals surface area contributed by atoms with Crippen LogP contribution in [0.2, 0.25) is 0 Å². The SMILES string of the molecule is Oc1c(-c2ccc(-c3cccnc3)cc2)n[nH]c1-c1nc2cc3c(cc2[nH]1)CNC3. The van der Waals surface area contributed by atoms with Crippen molar-refractivity contribution in [1.82, 2.24) is 30.5 Å². The van der Waals surface area contributed by atoms with E-state index in [-0.39, 0.29) is 5.75 Å². The van der Waals surface area contributed by atoms with Gasteiger partial charge in [-0.2, -0.15) is 5.10 Å². The summed E-state index contributed by atoms with van der Waals surface area (Å²) in [5.74, 6) is 0.655. The smallest absolute Gasteiger partial charge is 0.172 e. The molecule has 4 heterocycles. The summed E-state index contributed by atoms with van der Waals surface area (Å²) in [6.45, 7) is 1.73. The van der Waals surface area contributed by atoms with E-state index in [1.807, 2.05) is 42.6 Å². The molecule has 0 aliphatic carbocycles.